The number of halogens is 5. The van der Waals surface area contributed by atoms with Crippen LogP contribution >= 0.6 is 23.2 Å². The monoisotopic (exact) mass is 321 g/mol. The van der Waals surface area contributed by atoms with Gasteiger partial charge in [0.25, 0.3) is 5.78 Å². The van der Waals surface area contributed by atoms with Crippen molar-refractivity contribution in [2.45, 2.75) is 12.7 Å². The van der Waals surface area contributed by atoms with Gasteiger partial charge < -0.3 is 4.57 Å². The van der Waals surface area contributed by atoms with Crippen LogP contribution in [0.5, 0.6) is 0 Å². The summed E-state index contributed by atoms with van der Waals surface area (Å²) in [5.74, 6) is -1.87. The Morgan fingerprint density at radius 3 is 2.55 bits per heavy atom. The van der Waals surface area contributed by atoms with Crippen molar-refractivity contribution in [2.75, 3.05) is 0 Å². The molecule has 1 aromatic carbocycles. The summed E-state index contributed by atoms with van der Waals surface area (Å²) in [6, 6.07) is 5.95. The van der Waals surface area contributed by atoms with E-state index in [0.717, 1.165) is 12.3 Å². The van der Waals surface area contributed by atoms with Gasteiger partial charge in [0.2, 0.25) is 0 Å². The molecule has 0 spiro atoms. The minimum absolute atomic E-state index is 0.227. The first-order valence-corrected chi connectivity index (χ1v) is 6.24. The van der Waals surface area contributed by atoms with Crippen molar-refractivity contribution in [1.29, 1.82) is 0 Å². The van der Waals surface area contributed by atoms with Crippen LogP contribution in [-0.4, -0.2) is 16.5 Å². The lowest BCUT2D eigenvalue weighted by atomic mass is 10.2. The summed E-state index contributed by atoms with van der Waals surface area (Å²) >= 11 is 11.8. The number of carbonyl (C=O) groups excluding carboxylic acids is 1. The average molecular weight is 322 g/mol. The highest BCUT2D eigenvalue weighted by atomic mass is 35.5. The van der Waals surface area contributed by atoms with E-state index in [1.54, 1.807) is 18.2 Å². The van der Waals surface area contributed by atoms with Crippen molar-refractivity contribution in [2.24, 2.45) is 0 Å². The molecule has 1 heterocycles. The van der Waals surface area contributed by atoms with Crippen LogP contribution in [0.1, 0.15) is 15.9 Å². The summed E-state index contributed by atoms with van der Waals surface area (Å²) in [6.45, 7) is 0.227. The zero-order valence-corrected chi connectivity index (χ0v) is 11.4. The zero-order chi connectivity index (χ0) is 14.9. The molecule has 7 heteroatoms. The van der Waals surface area contributed by atoms with E-state index in [2.05, 4.69) is 0 Å². The Morgan fingerprint density at radius 1 is 1.20 bits per heavy atom. The molecule has 0 aliphatic carbocycles. The van der Waals surface area contributed by atoms with E-state index < -0.39 is 17.5 Å². The molecule has 20 heavy (non-hydrogen) atoms. The number of nitrogens with zero attached hydrogens (tertiary/aromatic N) is 1. The standard InChI is InChI=1S/C13H8Cl2F3NO/c14-10-1-2-11(15)9(5-10)7-19-4-3-8(6-19)12(20)13(16,17)18/h1-6H,7H2. The van der Waals surface area contributed by atoms with Gasteiger partial charge in [-0.1, -0.05) is 23.2 Å². The normalized spacial score (nSPS) is 11.7. The first-order chi connectivity index (χ1) is 9.27. The summed E-state index contributed by atoms with van der Waals surface area (Å²) in [5, 5.41) is 0.926. The number of alkyl halides is 3. The Kier molecular flexibility index (Phi) is 4.11. The number of carbonyl (C=O) groups is 1. The minimum Gasteiger partial charge on any atom is -0.349 e. The van der Waals surface area contributed by atoms with E-state index in [1.165, 1.54) is 10.8 Å². The van der Waals surface area contributed by atoms with Crippen molar-refractivity contribution in [3.05, 3.63) is 57.8 Å². The summed E-state index contributed by atoms with van der Waals surface area (Å²) in [7, 11) is 0. The molecule has 106 valence electrons. The van der Waals surface area contributed by atoms with Gasteiger partial charge in [-0.3, -0.25) is 4.79 Å². The lowest BCUT2D eigenvalue weighted by Crippen LogP contribution is -2.22. The number of ketones is 1. The highest BCUT2D eigenvalue weighted by Gasteiger charge is 2.39. The van der Waals surface area contributed by atoms with Gasteiger partial charge in [-0.25, -0.2) is 0 Å². The van der Waals surface area contributed by atoms with E-state index >= 15 is 0 Å². The molecule has 0 aliphatic heterocycles. The number of Topliss-reactive ketones (excluding diaryl/α,β-unsaturated/α-hetero) is 1. The third-order valence-corrected chi connectivity index (χ3v) is 3.23. The van der Waals surface area contributed by atoms with Gasteiger partial charge in [-0.05, 0) is 29.8 Å². The molecule has 0 fully saturated rings. The maximum Gasteiger partial charge on any atom is 0.454 e. The summed E-state index contributed by atoms with van der Waals surface area (Å²) < 4.78 is 38.3. The molecule has 2 rings (SSSR count). The first kappa shape index (κ1) is 14.9. The summed E-state index contributed by atoms with van der Waals surface area (Å²) in [4.78, 5) is 11.1. The van der Waals surface area contributed by atoms with E-state index in [4.69, 9.17) is 23.2 Å². The molecule has 0 bridgehead atoms. The molecule has 2 nitrogen and oxygen atoms in total. The fourth-order valence-electron chi connectivity index (χ4n) is 1.70. The van der Waals surface area contributed by atoms with Gasteiger partial charge >= 0.3 is 6.18 Å². The predicted molar refractivity (Wildman–Crippen MR) is 70.4 cm³/mol. The largest absolute Gasteiger partial charge is 0.454 e. The molecule has 0 atom stereocenters. The van der Waals surface area contributed by atoms with Crippen molar-refractivity contribution in [3.8, 4) is 0 Å². The van der Waals surface area contributed by atoms with Crippen molar-refractivity contribution in [1.82, 2.24) is 4.57 Å². The molecule has 0 amide bonds. The third-order valence-electron chi connectivity index (χ3n) is 2.63. The van der Waals surface area contributed by atoms with Crippen molar-refractivity contribution >= 4 is 29.0 Å². The predicted octanol–water partition coefficient (Wildman–Crippen LogP) is 4.59. The third kappa shape index (κ3) is 3.35. The van der Waals surface area contributed by atoms with Gasteiger partial charge in [0.1, 0.15) is 0 Å². The number of hydrogen-bond donors (Lipinski definition) is 0. The second-order valence-corrected chi connectivity index (χ2v) is 4.98. The van der Waals surface area contributed by atoms with Crippen LogP contribution in [0.25, 0.3) is 0 Å². The van der Waals surface area contributed by atoms with Crippen LogP contribution < -0.4 is 0 Å². The highest BCUT2D eigenvalue weighted by molar-refractivity contribution is 6.33. The number of aromatic nitrogens is 1. The molecule has 1 aromatic heterocycles. The smallest absolute Gasteiger partial charge is 0.349 e. The van der Waals surface area contributed by atoms with Gasteiger partial charge in [-0.15, -0.1) is 0 Å². The molecule has 0 radical (unpaired) electrons. The molecular formula is C13H8Cl2F3NO. The number of benzene rings is 1. The van der Waals surface area contributed by atoms with E-state index in [0.29, 0.717) is 15.6 Å². The molecule has 0 saturated heterocycles. The van der Waals surface area contributed by atoms with Crippen molar-refractivity contribution < 1.29 is 18.0 Å². The van der Waals surface area contributed by atoms with Crippen LogP contribution in [0.15, 0.2) is 36.7 Å². The molecular weight excluding hydrogens is 314 g/mol. The van der Waals surface area contributed by atoms with Gasteiger partial charge in [0.15, 0.2) is 0 Å². The molecule has 0 saturated carbocycles. The Morgan fingerprint density at radius 2 is 1.90 bits per heavy atom. The van der Waals surface area contributed by atoms with Gasteiger partial charge in [0.05, 0.1) is 0 Å². The zero-order valence-electron chi connectivity index (χ0n) is 9.92. The Balaban J connectivity index is 2.22. The fourth-order valence-corrected chi connectivity index (χ4v) is 2.07. The quantitative estimate of drug-likeness (QED) is 0.758. The van der Waals surface area contributed by atoms with Crippen LogP contribution in [0.2, 0.25) is 10.0 Å². The SMILES string of the molecule is O=C(c1ccn(Cc2cc(Cl)ccc2Cl)c1)C(F)(F)F. The summed E-state index contributed by atoms with van der Waals surface area (Å²) in [5.41, 5.74) is 0.247. The van der Waals surface area contributed by atoms with Crippen LogP contribution in [0, 0.1) is 0 Å². The van der Waals surface area contributed by atoms with E-state index in [1.807, 2.05) is 0 Å². The topological polar surface area (TPSA) is 22.0 Å². The van der Waals surface area contributed by atoms with E-state index in [-0.39, 0.29) is 6.54 Å². The van der Waals surface area contributed by atoms with Gasteiger partial charge in [-0.2, -0.15) is 13.2 Å². The average Bonchev–Trinajstić information content (AvgIpc) is 2.80. The Hall–Kier alpha value is -1.46. The second kappa shape index (κ2) is 5.50. The fraction of sp³-hybridized carbons (Fsp3) is 0.154. The molecule has 0 aliphatic rings. The Labute approximate surface area is 122 Å². The first-order valence-electron chi connectivity index (χ1n) is 5.48. The number of rotatable bonds is 3. The maximum atomic E-state index is 12.3. The minimum atomic E-state index is -4.88. The van der Waals surface area contributed by atoms with Gasteiger partial charge in [0, 0.05) is 34.5 Å². The van der Waals surface area contributed by atoms with Crippen LogP contribution in [-0.2, 0) is 6.54 Å². The highest BCUT2D eigenvalue weighted by Crippen LogP contribution is 2.24. The lowest BCUT2D eigenvalue weighted by molar-refractivity contribution is -0.0885. The van der Waals surface area contributed by atoms with E-state index in [9.17, 15) is 18.0 Å². The Bertz CT molecular complexity index is 649. The lowest BCUT2D eigenvalue weighted by Gasteiger charge is -2.06. The maximum absolute atomic E-state index is 12.3. The molecule has 0 N–H and O–H groups in total. The summed E-state index contributed by atoms with van der Waals surface area (Å²) in [6.07, 6.45) is -2.36. The van der Waals surface area contributed by atoms with Crippen LogP contribution in [0.4, 0.5) is 13.2 Å². The molecule has 0 unspecified atom stereocenters. The van der Waals surface area contributed by atoms with Crippen molar-refractivity contribution in [3.63, 3.8) is 0 Å². The second-order valence-electron chi connectivity index (χ2n) is 4.14. The van der Waals surface area contributed by atoms with Crippen LogP contribution in [0.3, 0.4) is 0 Å². The molecule has 2 aromatic rings. The number of hydrogen-bond acceptors (Lipinski definition) is 1.